The van der Waals surface area contributed by atoms with E-state index in [9.17, 15) is 5.21 Å². The van der Waals surface area contributed by atoms with Gasteiger partial charge in [0.25, 0.3) is 0 Å². The molecule has 0 amide bonds. The van der Waals surface area contributed by atoms with E-state index in [0.717, 1.165) is 36.9 Å². The lowest BCUT2D eigenvalue weighted by Gasteiger charge is -2.41. The van der Waals surface area contributed by atoms with E-state index in [1.54, 1.807) is 0 Å². The maximum atomic E-state index is 9.38. The predicted molar refractivity (Wildman–Crippen MR) is 89.1 cm³/mol. The molecule has 1 aromatic rings. The number of benzene rings is 1. The Hall–Kier alpha value is -1.26. The molecule has 1 N–H and O–H groups in total. The second-order valence-corrected chi connectivity index (χ2v) is 7.18. The number of hydrogen-bond donors (Lipinski definition) is 1. The molecule has 1 aromatic carbocycles. The predicted octanol–water partition coefficient (Wildman–Crippen LogP) is 3.09. The molecule has 3 aliphatic rings. The number of oxime groups is 1. The lowest BCUT2D eigenvalue weighted by atomic mass is 9.91. The van der Waals surface area contributed by atoms with Crippen LogP contribution in [0.1, 0.15) is 19.3 Å². The van der Waals surface area contributed by atoms with E-state index in [1.807, 2.05) is 12.1 Å². The molecule has 2 saturated carbocycles. The summed E-state index contributed by atoms with van der Waals surface area (Å²) in [7, 11) is 0. The Balaban J connectivity index is 1.43. The van der Waals surface area contributed by atoms with Gasteiger partial charge in [0, 0.05) is 42.8 Å². The monoisotopic (exact) mass is 319 g/mol. The van der Waals surface area contributed by atoms with Crippen molar-refractivity contribution in [2.75, 3.05) is 31.1 Å². The smallest absolute Gasteiger partial charge is 0.0775 e. The van der Waals surface area contributed by atoms with Gasteiger partial charge in [0.1, 0.15) is 0 Å². The highest BCUT2D eigenvalue weighted by molar-refractivity contribution is 6.30. The van der Waals surface area contributed by atoms with E-state index in [4.69, 9.17) is 11.6 Å². The number of nitrogens with zero attached hydrogens (tertiary/aromatic N) is 3. The minimum Gasteiger partial charge on any atom is -0.411 e. The van der Waals surface area contributed by atoms with Gasteiger partial charge in [-0.1, -0.05) is 16.8 Å². The molecule has 2 aliphatic carbocycles. The number of fused-ring (bicyclic) bond motifs is 2. The first-order valence-corrected chi connectivity index (χ1v) is 8.60. The quantitative estimate of drug-likeness (QED) is 0.672. The molecule has 3 atom stereocenters. The fraction of sp³-hybridized carbons (Fsp3) is 0.588. The van der Waals surface area contributed by atoms with Crippen molar-refractivity contribution in [1.29, 1.82) is 0 Å². The van der Waals surface area contributed by atoms with E-state index in [0.29, 0.717) is 17.9 Å². The standard InChI is InChI=1S/C17H22ClN3O/c18-14-3-5-15(6-4-14)20-7-9-21(10-8-20)17-13-2-1-12(11-13)16(17)19-22/h3-6,12-13,17,22H,1-2,7-11H2. The van der Waals surface area contributed by atoms with Gasteiger partial charge in [0.15, 0.2) is 0 Å². The summed E-state index contributed by atoms with van der Waals surface area (Å²) in [5, 5.41) is 13.8. The highest BCUT2D eigenvalue weighted by Crippen LogP contribution is 2.45. The fourth-order valence-corrected chi connectivity index (χ4v) is 4.72. The van der Waals surface area contributed by atoms with Gasteiger partial charge in [0.05, 0.1) is 11.8 Å². The van der Waals surface area contributed by atoms with Crippen molar-refractivity contribution in [1.82, 2.24) is 4.90 Å². The minimum atomic E-state index is 0.385. The third-order valence-corrected chi connectivity index (χ3v) is 5.91. The summed E-state index contributed by atoms with van der Waals surface area (Å²) in [6, 6.07) is 8.48. The fourth-order valence-electron chi connectivity index (χ4n) is 4.59. The van der Waals surface area contributed by atoms with Crippen LogP contribution in [-0.2, 0) is 0 Å². The molecular weight excluding hydrogens is 298 g/mol. The zero-order valence-corrected chi connectivity index (χ0v) is 13.4. The summed E-state index contributed by atoms with van der Waals surface area (Å²) in [4.78, 5) is 4.95. The third kappa shape index (κ3) is 2.38. The van der Waals surface area contributed by atoms with Crippen molar-refractivity contribution in [3.8, 4) is 0 Å². The molecule has 5 heteroatoms. The maximum Gasteiger partial charge on any atom is 0.0775 e. The summed E-state index contributed by atoms with van der Waals surface area (Å²) >= 11 is 5.96. The van der Waals surface area contributed by atoms with Crippen LogP contribution in [0, 0.1) is 11.8 Å². The van der Waals surface area contributed by atoms with E-state index in [1.165, 1.54) is 24.9 Å². The van der Waals surface area contributed by atoms with Crippen LogP contribution in [0.5, 0.6) is 0 Å². The summed E-state index contributed by atoms with van der Waals surface area (Å²) < 4.78 is 0. The Bertz CT molecular complexity index is 566. The lowest BCUT2D eigenvalue weighted by molar-refractivity contribution is 0.181. The first-order chi connectivity index (χ1) is 10.8. The molecule has 0 radical (unpaired) electrons. The maximum absolute atomic E-state index is 9.38. The van der Waals surface area contributed by atoms with E-state index < -0.39 is 0 Å². The van der Waals surface area contributed by atoms with Crippen molar-refractivity contribution >= 4 is 23.0 Å². The van der Waals surface area contributed by atoms with Gasteiger partial charge in [-0.3, -0.25) is 4.90 Å². The molecule has 3 unspecified atom stereocenters. The molecule has 3 fully saturated rings. The summed E-state index contributed by atoms with van der Waals surface area (Å²) in [5.41, 5.74) is 2.30. The minimum absolute atomic E-state index is 0.385. The Labute approximate surface area is 136 Å². The van der Waals surface area contributed by atoms with Crippen molar-refractivity contribution in [2.24, 2.45) is 17.0 Å². The number of piperazine rings is 1. The van der Waals surface area contributed by atoms with Crippen LogP contribution >= 0.6 is 11.6 Å². The van der Waals surface area contributed by atoms with Crippen molar-refractivity contribution in [3.05, 3.63) is 29.3 Å². The molecule has 1 heterocycles. The highest BCUT2D eigenvalue weighted by Gasteiger charge is 2.48. The van der Waals surface area contributed by atoms with Crippen LogP contribution in [-0.4, -0.2) is 48.0 Å². The van der Waals surface area contributed by atoms with E-state index >= 15 is 0 Å². The first kappa shape index (κ1) is 14.3. The Morgan fingerprint density at radius 1 is 1.05 bits per heavy atom. The van der Waals surface area contributed by atoms with Crippen LogP contribution in [0.25, 0.3) is 0 Å². The molecule has 4 nitrogen and oxygen atoms in total. The molecule has 0 spiro atoms. The van der Waals surface area contributed by atoms with Crippen molar-refractivity contribution in [2.45, 2.75) is 25.3 Å². The zero-order valence-electron chi connectivity index (χ0n) is 12.7. The first-order valence-electron chi connectivity index (χ1n) is 8.22. The molecular formula is C17H22ClN3O. The Morgan fingerprint density at radius 3 is 2.45 bits per heavy atom. The number of anilines is 1. The second kappa shape index (κ2) is 5.74. The second-order valence-electron chi connectivity index (χ2n) is 6.74. The van der Waals surface area contributed by atoms with Crippen LogP contribution in [0.4, 0.5) is 5.69 Å². The zero-order chi connectivity index (χ0) is 15.1. The largest absolute Gasteiger partial charge is 0.411 e. The van der Waals surface area contributed by atoms with Gasteiger partial charge >= 0.3 is 0 Å². The average Bonchev–Trinajstić information content (AvgIpc) is 3.16. The normalized spacial score (nSPS) is 33.8. The summed E-state index contributed by atoms with van der Waals surface area (Å²) in [6.07, 6.45) is 3.73. The molecule has 22 heavy (non-hydrogen) atoms. The van der Waals surface area contributed by atoms with Gasteiger partial charge in [-0.25, -0.2) is 0 Å². The van der Waals surface area contributed by atoms with E-state index in [-0.39, 0.29) is 0 Å². The van der Waals surface area contributed by atoms with E-state index in [2.05, 4.69) is 27.1 Å². The number of rotatable bonds is 2. The third-order valence-electron chi connectivity index (χ3n) is 5.66. The molecule has 1 aliphatic heterocycles. The topological polar surface area (TPSA) is 39.1 Å². The molecule has 4 rings (SSSR count). The van der Waals surface area contributed by atoms with Crippen LogP contribution in [0.2, 0.25) is 5.02 Å². The van der Waals surface area contributed by atoms with Gasteiger partial charge < -0.3 is 10.1 Å². The van der Waals surface area contributed by atoms with Crippen molar-refractivity contribution in [3.63, 3.8) is 0 Å². The lowest BCUT2D eigenvalue weighted by Crippen LogP contribution is -2.54. The molecule has 1 saturated heterocycles. The van der Waals surface area contributed by atoms with Gasteiger partial charge in [-0.15, -0.1) is 0 Å². The van der Waals surface area contributed by atoms with Gasteiger partial charge in [-0.2, -0.15) is 0 Å². The van der Waals surface area contributed by atoms with Gasteiger partial charge in [-0.05, 0) is 49.4 Å². The van der Waals surface area contributed by atoms with Crippen LogP contribution in [0.15, 0.2) is 29.4 Å². The van der Waals surface area contributed by atoms with Gasteiger partial charge in [0.2, 0.25) is 0 Å². The Kier molecular flexibility index (Phi) is 3.74. The summed E-state index contributed by atoms with van der Waals surface area (Å²) in [6.45, 7) is 4.12. The SMILES string of the molecule is ON=C1C2CCC(C2)C1N1CCN(c2ccc(Cl)cc2)CC1. The highest BCUT2D eigenvalue weighted by atomic mass is 35.5. The Morgan fingerprint density at radius 2 is 1.77 bits per heavy atom. The molecule has 2 bridgehead atoms. The van der Waals surface area contributed by atoms with Crippen LogP contribution < -0.4 is 4.90 Å². The average molecular weight is 320 g/mol. The molecule has 118 valence electrons. The number of hydrogen-bond acceptors (Lipinski definition) is 4. The molecule has 0 aromatic heterocycles. The van der Waals surface area contributed by atoms with Crippen molar-refractivity contribution < 1.29 is 5.21 Å². The number of halogens is 1. The summed E-state index contributed by atoms with van der Waals surface area (Å²) in [5.74, 6) is 1.24. The van der Waals surface area contributed by atoms with Crippen LogP contribution in [0.3, 0.4) is 0 Å².